The predicted molar refractivity (Wildman–Crippen MR) is 109 cm³/mol. The minimum atomic E-state index is -1.44. The van der Waals surface area contributed by atoms with Crippen LogP contribution >= 0.6 is 0 Å². The van der Waals surface area contributed by atoms with Crippen LogP contribution in [0.4, 0.5) is 0 Å². The van der Waals surface area contributed by atoms with Gasteiger partial charge in [0.1, 0.15) is 16.5 Å². The van der Waals surface area contributed by atoms with Gasteiger partial charge in [0, 0.05) is 0 Å². The second-order valence-corrected chi connectivity index (χ2v) is 18.8. The Balaban J connectivity index is 3.27. The maximum absolute atomic E-state index is 3.84. The summed E-state index contributed by atoms with van der Waals surface area (Å²) in [6.45, 7) is 20.9. The summed E-state index contributed by atoms with van der Waals surface area (Å²) in [7, 11) is -2.84. The van der Waals surface area contributed by atoms with Crippen LogP contribution in [0.1, 0.15) is 26.3 Å². The van der Waals surface area contributed by atoms with Crippen LogP contribution in [0, 0.1) is 11.5 Å². The van der Waals surface area contributed by atoms with Crippen molar-refractivity contribution < 1.29 is 0 Å². The van der Waals surface area contributed by atoms with E-state index in [9.17, 15) is 0 Å². The third-order valence-electron chi connectivity index (χ3n) is 3.20. The van der Waals surface area contributed by atoms with Crippen LogP contribution in [0.5, 0.6) is 0 Å². The SMILES string of the molecule is CC(C)(C)/C(=C\[C-](N[Si](C)(C)C)c1ccccc1)N[Si](C)(C)C. The average Bonchev–Trinajstić information content (AvgIpc) is 2.34. The summed E-state index contributed by atoms with van der Waals surface area (Å²) in [6, 6.07) is 11.9. The first-order valence-corrected chi connectivity index (χ1v) is 15.5. The van der Waals surface area contributed by atoms with E-state index in [1.165, 1.54) is 17.3 Å². The van der Waals surface area contributed by atoms with Crippen LogP contribution in [-0.4, -0.2) is 16.5 Å². The molecule has 0 unspecified atom stereocenters. The van der Waals surface area contributed by atoms with Crippen LogP contribution in [0.25, 0.3) is 0 Å². The summed E-state index contributed by atoms with van der Waals surface area (Å²) >= 11 is 0. The Morgan fingerprint density at radius 1 is 0.913 bits per heavy atom. The summed E-state index contributed by atoms with van der Waals surface area (Å²) in [5.41, 5.74) is 2.68. The first kappa shape index (κ1) is 20.1. The Morgan fingerprint density at radius 2 is 1.43 bits per heavy atom. The molecule has 0 aliphatic heterocycles. The molecule has 130 valence electrons. The van der Waals surface area contributed by atoms with Gasteiger partial charge >= 0.3 is 0 Å². The van der Waals surface area contributed by atoms with Gasteiger partial charge < -0.3 is 9.96 Å². The zero-order valence-corrected chi connectivity index (χ0v) is 18.5. The number of hydrogen-bond acceptors (Lipinski definition) is 2. The van der Waals surface area contributed by atoms with Crippen molar-refractivity contribution >= 4 is 16.5 Å². The molecule has 0 aromatic heterocycles. The maximum Gasteiger partial charge on any atom is 0.135 e. The topological polar surface area (TPSA) is 24.1 Å². The van der Waals surface area contributed by atoms with Crippen molar-refractivity contribution in [2.75, 3.05) is 0 Å². The zero-order valence-electron chi connectivity index (χ0n) is 16.5. The Labute approximate surface area is 146 Å². The summed E-state index contributed by atoms with van der Waals surface area (Å²) in [5, 5.41) is 0. The van der Waals surface area contributed by atoms with Crippen LogP contribution in [0.3, 0.4) is 0 Å². The predicted octanol–water partition coefficient (Wildman–Crippen LogP) is 5.35. The lowest BCUT2D eigenvalue weighted by Gasteiger charge is -2.38. The van der Waals surface area contributed by atoms with Gasteiger partial charge in [0.2, 0.25) is 0 Å². The Morgan fingerprint density at radius 3 is 1.83 bits per heavy atom. The molecule has 0 saturated heterocycles. The third-order valence-corrected chi connectivity index (χ3v) is 5.24. The number of rotatable bonds is 6. The molecule has 0 fully saturated rings. The second kappa shape index (κ2) is 7.28. The number of nitrogens with one attached hydrogen (secondary N) is 2. The van der Waals surface area contributed by atoms with Crippen molar-refractivity contribution in [1.29, 1.82) is 0 Å². The molecular formula is C19H35N2Si2-. The summed E-state index contributed by atoms with van der Waals surface area (Å²) in [5.74, 6) is 0. The van der Waals surface area contributed by atoms with Crippen molar-refractivity contribution in [3.05, 3.63) is 53.7 Å². The Hall–Kier alpha value is -0.976. The standard InChI is InChI=1S/C19H35N2Si2/c1-19(2,3)18(21-23(7,8)9)15-17(20-22(4,5)6)16-13-11-10-12-14-16/h10-15,20-21H,1-9H3/q-1/b18-15+. The Kier molecular flexibility index (Phi) is 6.35. The summed E-state index contributed by atoms with van der Waals surface area (Å²) in [4.78, 5) is 7.65. The van der Waals surface area contributed by atoms with Crippen molar-refractivity contribution in [2.24, 2.45) is 5.41 Å². The molecule has 0 aliphatic carbocycles. The minimum Gasteiger partial charge on any atom is -0.453 e. The molecule has 1 aromatic carbocycles. The highest BCUT2D eigenvalue weighted by Gasteiger charge is 2.22. The quantitative estimate of drug-likeness (QED) is 0.536. The van der Waals surface area contributed by atoms with Gasteiger partial charge in [0.25, 0.3) is 0 Å². The highest BCUT2D eigenvalue weighted by molar-refractivity contribution is 6.74. The van der Waals surface area contributed by atoms with Gasteiger partial charge in [-0.2, -0.15) is 0 Å². The van der Waals surface area contributed by atoms with Gasteiger partial charge in [-0.25, -0.2) is 0 Å². The van der Waals surface area contributed by atoms with Gasteiger partial charge in [0.05, 0.1) is 0 Å². The molecule has 0 atom stereocenters. The molecule has 0 radical (unpaired) electrons. The highest BCUT2D eigenvalue weighted by Crippen LogP contribution is 2.28. The van der Waals surface area contributed by atoms with E-state index in [2.05, 4.69) is 106 Å². The van der Waals surface area contributed by atoms with Crippen molar-refractivity contribution in [3.8, 4) is 0 Å². The number of hydrogen-bond donors (Lipinski definition) is 2. The van der Waals surface area contributed by atoms with Crippen LogP contribution in [0.2, 0.25) is 39.3 Å². The number of benzene rings is 1. The first-order valence-electron chi connectivity index (χ1n) is 8.49. The van der Waals surface area contributed by atoms with Crippen LogP contribution in [-0.2, 0) is 0 Å². The fourth-order valence-electron chi connectivity index (χ4n) is 2.20. The molecule has 0 saturated carbocycles. The van der Waals surface area contributed by atoms with Crippen LogP contribution < -0.4 is 9.96 Å². The van der Waals surface area contributed by atoms with E-state index in [0.717, 1.165) is 0 Å². The molecule has 2 nitrogen and oxygen atoms in total. The van der Waals surface area contributed by atoms with E-state index in [-0.39, 0.29) is 5.41 Å². The van der Waals surface area contributed by atoms with E-state index in [1.54, 1.807) is 0 Å². The van der Waals surface area contributed by atoms with E-state index in [0.29, 0.717) is 0 Å². The normalized spacial score (nSPS) is 13.9. The smallest absolute Gasteiger partial charge is 0.135 e. The molecule has 0 bridgehead atoms. The maximum atomic E-state index is 3.84. The van der Waals surface area contributed by atoms with Crippen molar-refractivity contribution in [3.63, 3.8) is 0 Å². The first-order chi connectivity index (χ1) is 10.3. The highest BCUT2D eigenvalue weighted by atomic mass is 28.3. The average molecular weight is 348 g/mol. The summed E-state index contributed by atoms with van der Waals surface area (Å²) in [6.07, 6.45) is 2.34. The number of allylic oxidation sites excluding steroid dienone is 1. The second-order valence-electron chi connectivity index (χ2n) is 9.34. The monoisotopic (exact) mass is 347 g/mol. The lowest BCUT2D eigenvalue weighted by molar-refractivity contribution is 0.482. The minimum absolute atomic E-state index is 0.0986. The molecule has 1 rings (SSSR count). The van der Waals surface area contributed by atoms with Crippen LogP contribution in [0.15, 0.2) is 42.1 Å². The fraction of sp³-hybridized carbons (Fsp3) is 0.526. The van der Waals surface area contributed by atoms with Gasteiger partial charge in [-0.05, 0) is 5.41 Å². The third kappa shape index (κ3) is 7.91. The zero-order chi connectivity index (χ0) is 17.9. The molecule has 0 heterocycles. The molecule has 0 spiro atoms. The van der Waals surface area contributed by atoms with E-state index in [4.69, 9.17) is 0 Å². The lowest BCUT2D eigenvalue weighted by Crippen LogP contribution is -2.46. The lowest BCUT2D eigenvalue weighted by atomic mass is 9.90. The molecule has 0 aliphatic rings. The van der Waals surface area contributed by atoms with Gasteiger partial charge in [0.15, 0.2) is 0 Å². The molecular weight excluding hydrogens is 312 g/mol. The molecule has 2 N–H and O–H groups in total. The molecule has 0 amide bonds. The van der Waals surface area contributed by atoms with Crippen molar-refractivity contribution in [1.82, 2.24) is 9.96 Å². The van der Waals surface area contributed by atoms with Gasteiger partial charge in [-0.15, -0.1) is 35.9 Å². The molecule has 1 aromatic rings. The van der Waals surface area contributed by atoms with Gasteiger partial charge in [-0.1, -0.05) is 77.9 Å². The van der Waals surface area contributed by atoms with E-state index < -0.39 is 16.5 Å². The summed E-state index contributed by atoms with van der Waals surface area (Å²) < 4.78 is 0. The van der Waals surface area contributed by atoms with Crippen molar-refractivity contribution in [2.45, 2.75) is 60.1 Å². The fourth-order valence-corrected chi connectivity index (χ4v) is 4.48. The van der Waals surface area contributed by atoms with E-state index >= 15 is 0 Å². The largest absolute Gasteiger partial charge is 0.453 e. The molecule has 23 heavy (non-hydrogen) atoms. The Bertz CT molecular complexity index is 517. The van der Waals surface area contributed by atoms with E-state index in [1.807, 2.05) is 0 Å². The molecule has 4 heteroatoms. The van der Waals surface area contributed by atoms with Gasteiger partial charge in [-0.3, -0.25) is 0 Å².